The number of nitrogens with one attached hydrogen (secondary N) is 1. The standard InChI is InChI=1S/C16H23ClN4/c1-3-14-10-16(21(4-2)20-14)11-15(19-18)9-12-6-5-7-13(17)8-12/h5-8,10,15,19H,3-4,9,11,18H2,1-2H3. The van der Waals surface area contributed by atoms with Gasteiger partial charge in [0, 0.05) is 29.7 Å². The highest BCUT2D eigenvalue weighted by Crippen LogP contribution is 2.15. The number of nitrogens with two attached hydrogens (primary N) is 1. The molecule has 2 aromatic rings. The van der Waals surface area contributed by atoms with Gasteiger partial charge in [0.15, 0.2) is 0 Å². The van der Waals surface area contributed by atoms with Crippen molar-refractivity contribution in [3.05, 3.63) is 52.3 Å². The topological polar surface area (TPSA) is 55.9 Å². The van der Waals surface area contributed by atoms with Crippen LogP contribution < -0.4 is 11.3 Å². The molecule has 0 saturated heterocycles. The van der Waals surface area contributed by atoms with Crippen molar-refractivity contribution in [2.45, 2.75) is 45.7 Å². The molecule has 0 fully saturated rings. The second kappa shape index (κ2) is 7.59. The summed E-state index contributed by atoms with van der Waals surface area (Å²) in [4.78, 5) is 0. The summed E-state index contributed by atoms with van der Waals surface area (Å²) in [6.45, 7) is 5.11. The van der Waals surface area contributed by atoms with Gasteiger partial charge in [-0.25, -0.2) is 0 Å². The molecule has 0 spiro atoms. The average molecular weight is 307 g/mol. The van der Waals surface area contributed by atoms with Crippen molar-refractivity contribution in [2.75, 3.05) is 0 Å². The molecule has 1 heterocycles. The first-order valence-corrected chi connectivity index (χ1v) is 7.80. The van der Waals surface area contributed by atoms with Crippen LogP contribution in [0.1, 0.15) is 30.8 Å². The molecule has 5 heteroatoms. The molecule has 0 amide bonds. The van der Waals surface area contributed by atoms with E-state index in [1.165, 1.54) is 11.3 Å². The van der Waals surface area contributed by atoms with Crippen LogP contribution in [0.2, 0.25) is 5.02 Å². The number of benzene rings is 1. The Bertz CT molecular complexity index is 579. The summed E-state index contributed by atoms with van der Waals surface area (Å²) in [7, 11) is 0. The minimum atomic E-state index is 0.162. The number of rotatable bonds is 7. The van der Waals surface area contributed by atoms with Gasteiger partial charge in [-0.1, -0.05) is 30.7 Å². The lowest BCUT2D eigenvalue weighted by atomic mass is 10.0. The Kier molecular flexibility index (Phi) is 5.79. The quantitative estimate of drug-likeness (QED) is 0.611. The van der Waals surface area contributed by atoms with Crippen LogP contribution in [0, 0.1) is 0 Å². The van der Waals surface area contributed by atoms with Crippen molar-refractivity contribution in [3.63, 3.8) is 0 Å². The van der Waals surface area contributed by atoms with E-state index in [0.717, 1.165) is 36.5 Å². The summed E-state index contributed by atoms with van der Waals surface area (Å²) < 4.78 is 2.06. The predicted octanol–water partition coefficient (Wildman–Crippen LogP) is 2.74. The minimum absolute atomic E-state index is 0.162. The Morgan fingerprint density at radius 3 is 2.71 bits per heavy atom. The van der Waals surface area contributed by atoms with Crippen molar-refractivity contribution < 1.29 is 0 Å². The summed E-state index contributed by atoms with van der Waals surface area (Å²) >= 11 is 6.04. The molecule has 1 atom stereocenters. The number of nitrogens with zero attached hydrogens (tertiary/aromatic N) is 2. The molecule has 0 radical (unpaired) electrons. The minimum Gasteiger partial charge on any atom is -0.271 e. The highest BCUT2D eigenvalue weighted by atomic mass is 35.5. The zero-order chi connectivity index (χ0) is 15.2. The van der Waals surface area contributed by atoms with Gasteiger partial charge in [-0.2, -0.15) is 5.10 Å². The number of hydrogen-bond donors (Lipinski definition) is 2. The molecule has 1 aromatic heterocycles. The fourth-order valence-electron chi connectivity index (χ4n) is 2.52. The lowest BCUT2D eigenvalue weighted by molar-refractivity contribution is 0.496. The van der Waals surface area contributed by atoms with Crippen LogP contribution in [-0.4, -0.2) is 15.8 Å². The van der Waals surface area contributed by atoms with E-state index >= 15 is 0 Å². The van der Waals surface area contributed by atoms with Crippen LogP contribution in [0.3, 0.4) is 0 Å². The molecule has 0 aliphatic heterocycles. The van der Waals surface area contributed by atoms with Gasteiger partial charge >= 0.3 is 0 Å². The molecule has 4 nitrogen and oxygen atoms in total. The van der Waals surface area contributed by atoms with Crippen LogP contribution >= 0.6 is 11.6 Å². The largest absolute Gasteiger partial charge is 0.271 e. The predicted molar refractivity (Wildman–Crippen MR) is 87.3 cm³/mol. The molecule has 0 aliphatic carbocycles. The Balaban J connectivity index is 2.10. The summed E-state index contributed by atoms with van der Waals surface area (Å²) in [5.41, 5.74) is 6.45. The Morgan fingerprint density at radius 1 is 1.29 bits per heavy atom. The third kappa shape index (κ3) is 4.30. The van der Waals surface area contributed by atoms with Gasteiger partial charge in [0.05, 0.1) is 5.69 Å². The second-order valence-electron chi connectivity index (χ2n) is 5.20. The highest BCUT2D eigenvalue weighted by Gasteiger charge is 2.13. The smallest absolute Gasteiger partial charge is 0.0624 e. The molecule has 0 aliphatic rings. The number of aryl methyl sites for hydroxylation is 2. The zero-order valence-electron chi connectivity index (χ0n) is 12.6. The number of aromatic nitrogens is 2. The molecule has 1 unspecified atom stereocenters. The third-order valence-corrected chi connectivity index (χ3v) is 3.87. The van der Waals surface area contributed by atoms with Crippen LogP contribution in [0.5, 0.6) is 0 Å². The van der Waals surface area contributed by atoms with Crippen LogP contribution in [-0.2, 0) is 25.8 Å². The van der Waals surface area contributed by atoms with E-state index in [1.807, 2.05) is 18.2 Å². The van der Waals surface area contributed by atoms with Crippen LogP contribution in [0.4, 0.5) is 0 Å². The zero-order valence-corrected chi connectivity index (χ0v) is 13.4. The number of halogens is 1. The second-order valence-corrected chi connectivity index (χ2v) is 5.63. The lowest BCUT2D eigenvalue weighted by Crippen LogP contribution is -2.39. The van der Waals surface area contributed by atoms with Crippen molar-refractivity contribution in [1.29, 1.82) is 0 Å². The molecule has 114 valence electrons. The maximum Gasteiger partial charge on any atom is 0.0624 e. The average Bonchev–Trinajstić information content (AvgIpc) is 2.88. The molecule has 3 N–H and O–H groups in total. The van der Waals surface area contributed by atoms with Gasteiger partial charge < -0.3 is 0 Å². The van der Waals surface area contributed by atoms with Gasteiger partial charge in [0.1, 0.15) is 0 Å². The first-order valence-electron chi connectivity index (χ1n) is 7.42. The van der Waals surface area contributed by atoms with E-state index in [0.29, 0.717) is 0 Å². The maximum atomic E-state index is 6.04. The molecule has 0 saturated carbocycles. The molecule has 21 heavy (non-hydrogen) atoms. The Labute approximate surface area is 131 Å². The van der Waals surface area contributed by atoms with Gasteiger partial charge in [-0.05, 0) is 43.5 Å². The van der Waals surface area contributed by atoms with E-state index in [4.69, 9.17) is 17.4 Å². The summed E-state index contributed by atoms with van der Waals surface area (Å²) in [5, 5.41) is 5.34. The van der Waals surface area contributed by atoms with Gasteiger partial charge in [0.25, 0.3) is 0 Å². The fourth-order valence-corrected chi connectivity index (χ4v) is 2.73. The van der Waals surface area contributed by atoms with Crippen molar-refractivity contribution in [1.82, 2.24) is 15.2 Å². The molecule has 0 bridgehead atoms. The fraction of sp³-hybridized carbons (Fsp3) is 0.438. The van der Waals surface area contributed by atoms with E-state index in [-0.39, 0.29) is 6.04 Å². The molecule has 2 rings (SSSR count). The van der Waals surface area contributed by atoms with E-state index < -0.39 is 0 Å². The summed E-state index contributed by atoms with van der Waals surface area (Å²) in [6, 6.07) is 10.2. The van der Waals surface area contributed by atoms with Crippen LogP contribution in [0.15, 0.2) is 30.3 Å². The molecule has 1 aromatic carbocycles. The van der Waals surface area contributed by atoms with E-state index in [9.17, 15) is 0 Å². The van der Waals surface area contributed by atoms with Gasteiger partial charge in [0.2, 0.25) is 0 Å². The highest BCUT2D eigenvalue weighted by molar-refractivity contribution is 6.30. The summed E-state index contributed by atoms with van der Waals surface area (Å²) in [5.74, 6) is 5.72. The Hall–Kier alpha value is -1.36. The Morgan fingerprint density at radius 2 is 2.10 bits per heavy atom. The van der Waals surface area contributed by atoms with Gasteiger partial charge in [-0.3, -0.25) is 16.0 Å². The summed E-state index contributed by atoms with van der Waals surface area (Å²) in [6.07, 6.45) is 2.65. The van der Waals surface area contributed by atoms with Crippen molar-refractivity contribution >= 4 is 11.6 Å². The van der Waals surface area contributed by atoms with Gasteiger partial charge in [-0.15, -0.1) is 0 Å². The molecular weight excluding hydrogens is 284 g/mol. The normalized spacial score (nSPS) is 12.6. The SMILES string of the molecule is CCc1cc(CC(Cc2cccc(Cl)c2)NN)n(CC)n1. The van der Waals surface area contributed by atoms with Crippen molar-refractivity contribution in [2.24, 2.45) is 5.84 Å². The van der Waals surface area contributed by atoms with E-state index in [1.54, 1.807) is 0 Å². The first-order chi connectivity index (χ1) is 10.2. The number of hydrazine groups is 1. The van der Waals surface area contributed by atoms with Crippen molar-refractivity contribution in [3.8, 4) is 0 Å². The van der Waals surface area contributed by atoms with E-state index in [2.05, 4.69) is 41.2 Å². The number of hydrogen-bond acceptors (Lipinski definition) is 3. The lowest BCUT2D eigenvalue weighted by Gasteiger charge is -2.16. The first kappa shape index (κ1) is 16.0. The van der Waals surface area contributed by atoms with Crippen LogP contribution in [0.25, 0.3) is 0 Å². The third-order valence-electron chi connectivity index (χ3n) is 3.64. The molecular formula is C16H23ClN4. The maximum absolute atomic E-state index is 6.04. The monoisotopic (exact) mass is 306 g/mol.